The molecule has 3 aromatic heterocycles. The number of fused-ring (bicyclic) bond motifs is 1. The average molecular weight is 402 g/mol. The van der Waals surface area contributed by atoms with Gasteiger partial charge in [0.2, 0.25) is 5.91 Å². The maximum Gasteiger partial charge on any atom is 0.432 e. The van der Waals surface area contributed by atoms with Crippen molar-refractivity contribution in [3.8, 4) is 11.3 Å². The molecule has 4 rings (SSSR count). The van der Waals surface area contributed by atoms with Crippen molar-refractivity contribution < 1.29 is 18.0 Å². The van der Waals surface area contributed by atoms with Crippen LogP contribution in [-0.4, -0.2) is 20.3 Å². The van der Waals surface area contributed by atoms with Gasteiger partial charge in [-0.2, -0.15) is 13.2 Å². The van der Waals surface area contributed by atoms with Crippen LogP contribution in [0.25, 0.3) is 16.1 Å². The van der Waals surface area contributed by atoms with Gasteiger partial charge < -0.3 is 5.32 Å². The highest BCUT2D eigenvalue weighted by molar-refractivity contribution is 7.16. The van der Waals surface area contributed by atoms with Crippen molar-refractivity contribution in [1.82, 2.24) is 14.4 Å². The highest BCUT2D eigenvalue weighted by Gasteiger charge is 2.35. The zero-order chi connectivity index (χ0) is 19.7. The summed E-state index contributed by atoms with van der Waals surface area (Å²) in [5.41, 5.74) is 1.63. The first-order valence-electron chi connectivity index (χ1n) is 8.24. The number of carbonyl (C=O) groups is 1. The SMILES string of the molecule is O=C(Cc1ccc(-c2ccccc2)nc1)Nc1ncn2c(C(F)(F)F)csc12. The van der Waals surface area contributed by atoms with E-state index in [-0.39, 0.29) is 23.0 Å². The summed E-state index contributed by atoms with van der Waals surface area (Å²) in [6, 6.07) is 13.2. The molecule has 28 heavy (non-hydrogen) atoms. The summed E-state index contributed by atoms with van der Waals surface area (Å²) in [5, 5.41) is 3.57. The van der Waals surface area contributed by atoms with Gasteiger partial charge in [-0.25, -0.2) is 4.98 Å². The molecule has 0 unspecified atom stereocenters. The standard InChI is InChI=1S/C19H13F3N4OS/c20-19(21,22)15-10-28-18-17(24-11-26(15)18)25-16(27)8-12-6-7-14(23-9-12)13-4-2-1-3-5-13/h1-7,9-11H,8H2,(H,25,27). The summed E-state index contributed by atoms with van der Waals surface area (Å²) in [7, 11) is 0. The smallest absolute Gasteiger partial charge is 0.308 e. The van der Waals surface area contributed by atoms with Crippen molar-refractivity contribution in [3.05, 3.63) is 71.6 Å². The molecule has 0 fully saturated rings. The van der Waals surface area contributed by atoms with Crippen LogP contribution in [0.5, 0.6) is 0 Å². The molecular formula is C19H13F3N4OS. The number of anilines is 1. The summed E-state index contributed by atoms with van der Waals surface area (Å²) >= 11 is 0.875. The average Bonchev–Trinajstić information content (AvgIpc) is 3.26. The Kier molecular flexibility index (Phi) is 4.60. The summed E-state index contributed by atoms with van der Waals surface area (Å²) in [6.45, 7) is 0. The number of pyridine rings is 1. The van der Waals surface area contributed by atoms with Gasteiger partial charge in [-0.3, -0.25) is 14.2 Å². The molecule has 0 bridgehead atoms. The van der Waals surface area contributed by atoms with E-state index in [9.17, 15) is 18.0 Å². The van der Waals surface area contributed by atoms with E-state index in [1.807, 2.05) is 36.4 Å². The molecule has 0 aliphatic rings. The number of nitrogens with one attached hydrogen (secondary N) is 1. The number of imidazole rings is 1. The van der Waals surface area contributed by atoms with E-state index >= 15 is 0 Å². The maximum absolute atomic E-state index is 12.9. The molecule has 1 N–H and O–H groups in total. The van der Waals surface area contributed by atoms with Crippen molar-refractivity contribution in [2.24, 2.45) is 0 Å². The first-order valence-corrected chi connectivity index (χ1v) is 9.12. The molecule has 0 radical (unpaired) electrons. The van der Waals surface area contributed by atoms with Crippen LogP contribution >= 0.6 is 11.3 Å². The topological polar surface area (TPSA) is 59.3 Å². The van der Waals surface area contributed by atoms with Crippen molar-refractivity contribution >= 4 is 27.9 Å². The molecule has 142 valence electrons. The van der Waals surface area contributed by atoms with Crippen LogP contribution in [0.3, 0.4) is 0 Å². The van der Waals surface area contributed by atoms with Gasteiger partial charge in [-0.15, -0.1) is 11.3 Å². The van der Waals surface area contributed by atoms with E-state index in [1.165, 1.54) is 0 Å². The molecule has 0 aliphatic heterocycles. The fraction of sp³-hybridized carbons (Fsp3) is 0.105. The van der Waals surface area contributed by atoms with Gasteiger partial charge in [0, 0.05) is 17.1 Å². The largest absolute Gasteiger partial charge is 0.432 e. The van der Waals surface area contributed by atoms with Gasteiger partial charge in [-0.1, -0.05) is 36.4 Å². The lowest BCUT2D eigenvalue weighted by Gasteiger charge is -2.05. The predicted octanol–water partition coefficient (Wildman–Crippen LogP) is 4.66. The number of amides is 1. The molecule has 0 aliphatic carbocycles. The van der Waals surface area contributed by atoms with Gasteiger partial charge in [0.05, 0.1) is 12.1 Å². The Morgan fingerprint density at radius 2 is 1.89 bits per heavy atom. The number of benzene rings is 1. The number of hydrogen-bond donors (Lipinski definition) is 1. The molecule has 0 saturated heterocycles. The third-order valence-corrected chi connectivity index (χ3v) is 5.03. The molecule has 9 heteroatoms. The lowest BCUT2D eigenvalue weighted by molar-refractivity contribution is -0.141. The second-order valence-corrected chi connectivity index (χ2v) is 6.89. The fourth-order valence-corrected chi connectivity index (χ4v) is 3.69. The number of hydrogen-bond acceptors (Lipinski definition) is 4. The number of carbonyl (C=O) groups excluding carboxylic acids is 1. The predicted molar refractivity (Wildman–Crippen MR) is 100 cm³/mol. The molecule has 1 aromatic carbocycles. The van der Waals surface area contributed by atoms with E-state index < -0.39 is 11.9 Å². The molecule has 4 aromatic rings. The van der Waals surface area contributed by atoms with Crippen LogP contribution in [0, 0.1) is 0 Å². The zero-order valence-electron chi connectivity index (χ0n) is 14.3. The Bertz CT molecular complexity index is 1120. The minimum Gasteiger partial charge on any atom is -0.308 e. The van der Waals surface area contributed by atoms with Gasteiger partial charge in [0.15, 0.2) is 5.82 Å². The van der Waals surface area contributed by atoms with Crippen LogP contribution < -0.4 is 5.32 Å². The van der Waals surface area contributed by atoms with Crippen LogP contribution in [0.4, 0.5) is 19.0 Å². The van der Waals surface area contributed by atoms with Gasteiger partial charge in [0.1, 0.15) is 16.9 Å². The molecule has 0 atom stereocenters. The van der Waals surface area contributed by atoms with Crippen LogP contribution in [0.2, 0.25) is 0 Å². The lowest BCUT2D eigenvalue weighted by atomic mass is 10.1. The fourth-order valence-electron chi connectivity index (χ4n) is 2.75. The zero-order valence-corrected chi connectivity index (χ0v) is 15.1. The highest BCUT2D eigenvalue weighted by atomic mass is 32.1. The normalized spacial score (nSPS) is 11.7. The Morgan fingerprint density at radius 1 is 1.11 bits per heavy atom. The number of thiazole rings is 1. The van der Waals surface area contributed by atoms with Crippen LogP contribution in [0.15, 0.2) is 60.4 Å². The third-order valence-electron chi connectivity index (χ3n) is 4.07. The first-order chi connectivity index (χ1) is 13.4. The second kappa shape index (κ2) is 7.08. The quantitative estimate of drug-likeness (QED) is 0.540. The summed E-state index contributed by atoms with van der Waals surface area (Å²) < 4.78 is 39.7. The van der Waals surface area contributed by atoms with Crippen LogP contribution in [-0.2, 0) is 17.4 Å². The Labute approximate surface area is 161 Å². The van der Waals surface area contributed by atoms with Gasteiger partial charge >= 0.3 is 6.18 Å². The number of aromatic nitrogens is 3. The number of rotatable bonds is 4. The van der Waals surface area contributed by atoms with Crippen molar-refractivity contribution in [1.29, 1.82) is 0 Å². The van der Waals surface area contributed by atoms with E-state index in [0.717, 1.165) is 38.7 Å². The van der Waals surface area contributed by atoms with Crippen molar-refractivity contribution in [2.45, 2.75) is 12.6 Å². The van der Waals surface area contributed by atoms with Gasteiger partial charge in [-0.05, 0) is 11.6 Å². The lowest BCUT2D eigenvalue weighted by Crippen LogP contribution is -2.14. The minimum atomic E-state index is -4.48. The van der Waals surface area contributed by atoms with Crippen molar-refractivity contribution in [3.63, 3.8) is 0 Å². The Balaban J connectivity index is 1.46. The molecule has 0 saturated carbocycles. The highest BCUT2D eigenvalue weighted by Crippen LogP contribution is 2.34. The Morgan fingerprint density at radius 3 is 2.57 bits per heavy atom. The van der Waals surface area contributed by atoms with E-state index in [1.54, 1.807) is 12.3 Å². The second-order valence-electron chi connectivity index (χ2n) is 6.03. The molecule has 3 heterocycles. The Hall–Kier alpha value is -3.20. The van der Waals surface area contributed by atoms with E-state index in [2.05, 4.69) is 15.3 Å². The number of alkyl halides is 3. The minimum absolute atomic E-state index is 0.0403. The summed E-state index contributed by atoms with van der Waals surface area (Å²) in [6.07, 6.45) is -1.77. The molecule has 5 nitrogen and oxygen atoms in total. The first kappa shape index (κ1) is 18.2. The number of nitrogens with zero attached hydrogens (tertiary/aromatic N) is 3. The number of halogens is 3. The van der Waals surface area contributed by atoms with E-state index in [4.69, 9.17) is 0 Å². The van der Waals surface area contributed by atoms with Gasteiger partial charge in [0.25, 0.3) is 0 Å². The molecule has 0 spiro atoms. The van der Waals surface area contributed by atoms with Crippen LogP contribution in [0.1, 0.15) is 11.3 Å². The maximum atomic E-state index is 12.9. The third kappa shape index (κ3) is 3.61. The summed E-state index contributed by atoms with van der Waals surface area (Å²) in [4.78, 5) is 20.8. The summed E-state index contributed by atoms with van der Waals surface area (Å²) in [5.74, 6) is -0.267. The van der Waals surface area contributed by atoms with E-state index in [0.29, 0.717) is 5.56 Å². The molecular weight excluding hydrogens is 389 g/mol. The van der Waals surface area contributed by atoms with Crippen molar-refractivity contribution in [2.75, 3.05) is 5.32 Å². The monoisotopic (exact) mass is 402 g/mol. The molecule has 1 amide bonds.